The van der Waals surface area contributed by atoms with Gasteiger partial charge in [-0.1, -0.05) is 28.1 Å². The van der Waals surface area contributed by atoms with Crippen molar-refractivity contribution < 1.29 is 18.3 Å². The van der Waals surface area contributed by atoms with Gasteiger partial charge in [-0.2, -0.15) is 0 Å². The zero-order chi connectivity index (χ0) is 14.2. The van der Waals surface area contributed by atoms with Gasteiger partial charge in [0.25, 0.3) is 0 Å². The second-order valence-electron chi connectivity index (χ2n) is 4.14. The van der Waals surface area contributed by atoms with E-state index in [-0.39, 0.29) is 5.56 Å². The maximum Gasteiger partial charge on any atom is 0.161 e. The molecule has 0 aliphatic rings. The Balaban J connectivity index is 2.53. The second-order valence-corrected chi connectivity index (χ2v) is 5.00. The molecule has 0 saturated carbocycles. The Kier molecular flexibility index (Phi) is 3.96. The van der Waals surface area contributed by atoms with Crippen LogP contribution in [-0.2, 0) is 0 Å². The summed E-state index contributed by atoms with van der Waals surface area (Å²) in [6.45, 7) is 1.74. The van der Waals surface area contributed by atoms with Crippen LogP contribution in [0.25, 0.3) is 0 Å². The molecule has 100 valence electrons. The van der Waals surface area contributed by atoms with E-state index in [2.05, 4.69) is 15.9 Å². The molecule has 2 aromatic carbocycles. The SMILES string of the molecule is Cc1c(Br)cccc1C(O)c1cc(F)c(F)cc1F. The Bertz CT molecular complexity index is 628. The molecule has 0 fully saturated rings. The second kappa shape index (κ2) is 5.35. The minimum absolute atomic E-state index is 0.292. The van der Waals surface area contributed by atoms with Crippen LogP contribution in [0.15, 0.2) is 34.8 Å². The molecule has 1 unspecified atom stereocenters. The highest BCUT2D eigenvalue weighted by Crippen LogP contribution is 2.31. The highest BCUT2D eigenvalue weighted by atomic mass is 79.9. The predicted octanol–water partition coefficient (Wildman–Crippen LogP) is 4.26. The van der Waals surface area contributed by atoms with Crippen LogP contribution in [0.1, 0.15) is 22.8 Å². The van der Waals surface area contributed by atoms with Crippen molar-refractivity contribution in [3.8, 4) is 0 Å². The van der Waals surface area contributed by atoms with Crippen molar-refractivity contribution in [2.75, 3.05) is 0 Å². The number of aliphatic hydroxyl groups is 1. The fourth-order valence-electron chi connectivity index (χ4n) is 1.84. The van der Waals surface area contributed by atoms with Crippen molar-refractivity contribution in [1.29, 1.82) is 0 Å². The van der Waals surface area contributed by atoms with E-state index in [4.69, 9.17) is 0 Å². The molecule has 1 nitrogen and oxygen atoms in total. The summed E-state index contributed by atoms with van der Waals surface area (Å²) in [6.07, 6.45) is -1.35. The molecular weight excluding hydrogens is 321 g/mol. The van der Waals surface area contributed by atoms with E-state index in [9.17, 15) is 18.3 Å². The maximum atomic E-state index is 13.6. The summed E-state index contributed by atoms with van der Waals surface area (Å²) in [6, 6.07) is 6.16. The van der Waals surface area contributed by atoms with Crippen molar-refractivity contribution in [3.05, 3.63) is 68.9 Å². The topological polar surface area (TPSA) is 20.2 Å². The van der Waals surface area contributed by atoms with Gasteiger partial charge in [0.05, 0.1) is 0 Å². The summed E-state index contributed by atoms with van der Waals surface area (Å²) in [7, 11) is 0. The van der Waals surface area contributed by atoms with Crippen LogP contribution < -0.4 is 0 Å². The molecule has 0 bridgehead atoms. The molecule has 0 amide bonds. The minimum Gasteiger partial charge on any atom is -0.384 e. The lowest BCUT2D eigenvalue weighted by molar-refractivity contribution is 0.213. The number of benzene rings is 2. The lowest BCUT2D eigenvalue weighted by atomic mass is 9.97. The first-order chi connectivity index (χ1) is 8.91. The van der Waals surface area contributed by atoms with E-state index < -0.39 is 23.6 Å². The first-order valence-electron chi connectivity index (χ1n) is 5.49. The molecule has 5 heteroatoms. The van der Waals surface area contributed by atoms with Crippen molar-refractivity contribution in [1.82, 2.24) is 0 Å². The molecule has 0 aliphatic heterocycles. The minimum atomic E-state index is -1.35. The Morgan fingerprint density at radius 1 is 1.00 bits per heavy atom. The fourth-order valence-corrected chi connectivity index (χ4v) is 2.22. The standard InChI is InChI=1S/C14H10BrF3O/c1-7-8(3-2-4-10(7)15)14(19)9-5-12(17)13(18)6-11(9)16/h2-6,14,19H,1H3. The van der Waals surface area contributed by atoms with E-state index in [1.54, 1.807) is 25.1 Å². The van der Waals surface area contributed by atoms with Gasteiger partial charge in [0.15, 0.2) is 11.6 Å². The molecule has 2 aromatic rings. The number of halogens is 4. The van der Waals surface area contributed by atoms with Crippen LogP contribution in [0.5, 0.6) is 0 Å². The molecular formula is C14H10BrF3O. The number of hydrogen-bond donors (Lipinski definition) is 1. The normalized spacial score (nSPS) is 12.5. The van der Waals surface area contributed by atoms with Crippen LogP contribution in [0.2, 0.25) is 0 Å². The summed E-state index contributed by atoms with van der Waals surface area (Å²) in [5.41, 5.74) is 0.846. The van der Waals surface area contributed by atoms with E-state index in [0.717, 1.165) is 4.47 Å². The van der Waals surface area contributed by atoms with Crippen LogP contribution in [0.4, 0.5) is 13.2 Å². The van der Waals surface area contributed by atoms with Gasteiger partial charge in [0, 0.05) is 16.1 Å². The number of rotatable bonds is 2. The van der Waals surface area contributed by atoms with Crippen LogP contribution in [0, 0.1) is 24.4 Å². The first-order valence-corrected chi connectivity index (χ1v) is 6.28. The maximum absolute atomic E-state index is 13.6. The number of aliphatic hydroxyl groups excluding tert-OH is 1. The number of hydrogen-bond acceptors (Lipinski definition) is 1. The summed E-state index contributed by atoms with van der Waals surface area (Å²) in [5.74, 6) is -3.45. The van der Waals surface area contributed by atoms with Crippen molar-refractivity contribution in [2.24, 2.45) is 0 Å². The molecule has 0 heterocycles. The van der Waals surface area contributed by atoms with Gasteiger partial charge in [-0.15, -0.1) is 0 Å². The molecule has 0 radical (unpaired) electrons. The van der Waals surface area contributed by atoms with Crippen LogP contribution >= 0.6 is 15.9 Å². The quantitative estimate of drug-likeness (QED) is 0.816. The molecule has 1 N–H and O–H groups in total. The van der Waals surface area contributed by atoms with Crippen molar-refractivity contribution >= 4 is 15.9 Å². The monoisotopic (exact) mass is 330 g/mol. The molecule has 0 aromatic heterocycles. The Labute approximate surface area is 116 Å². The van der Waals surface area contributed by atoms with E-state index in [1.807, 2.05) is 0 Å². The highest BCUT2D eigenvalue weighted by Gasteiger charge is 2.20. The molecule has 0 aliphatic carbocycles. The van der Waals surface area contributed by atoms with E-state index >= 15 is 0 Å². The zero-order valence-electron chi connectivity index (χ0n) is 9.92. The third-order valence-corrected chi connectivity index (χ3v) is 3.80. The van der Waals surface area contributed by atoms with Gasteiger partial charge in [0.2, 0.25) is 0 Å². The summed E-state index contributed by atoms with van der Waals surface area (Å²) in [4.78, 5) is 0. The first kappa shape index (κ1) is 14.1. The Hall–Kier alpha value is -1.33. The van der Waals surface area contributed by atoms with Gasteiger partial charge in [-0.05, 0) is 30.2 Å². The van der Waals surface area contributed by atoms with Gasteiger partial charge in [0.1, 0.15) is 11.9 Å². The average Bonchev–Trinajstić information content (AvgIpc) is 2.36. The summed E-state index contributed by atoms with van der Waals surface area (Å²) >= 11 is 3.29. The van der Waals surface area contributed by atoms with Gasteiger partial charge in [-0.3, -0.25) is 0 Å². The van der Waals surface area contributed by atoms with E-state index in [0.29, 0.717) is 23.3 Å². The Morgan fingerprint density at radius 3 is 2.32 bits per heavy atom. The lowest BCUT2D eigenvalue weighted by Gasteiger charge is -2.16. The van der Waals surface area contributed by atoms with E-state index in [1.165, 1.54) is 0 Å². The largest absolute Gasteiger partial charge is 0.384 e. The molecule has 19 heavy (non-hydrogen) atoms. The van der Waals surface area contributed by atoms with Crippen LogP contribution in [0.3, 0.4) is 0 Å². The molecule has 0 saturated heterocycles. The summed E-state index contributed by atoms with van der Waals surface area (Å²) < 4.78 is 40.4. The molecule has 0 spiro atoms. The van der Waals surface area contributed by atoms with Gasteiger partial charge >= 0.3 is 0 Å². The highest BCUT2D eigenvalue weighted by molar-refractivity contribution is 9.10. The van der Waals surface area contributed by atoms with Crippen molar-refractivity contribution in [3.63, 3.8) is 0 Å². The smallest absolute Gasteiger partial charge is 0.161 e. The van der Waals surface area contributed by atoms with Gasteiger partial charge in [-0.25, -0.2) is 13.2 Å². The third kappa shape index (κ3) is 2.67. The van der Waals surface area contributed by atoms with Crippen molar-refractivity contribution in [2.45, 2.75) is 13.0 Å². The van der Waals surface area contributed by atoms with Crippen LogP contribution in [-0.4, -0.2) is 5.11 Å². The zero-order valence-corrected chi connectivity index (χ0v) is 11.5. The predicted molar refractivity (Wildman–Crippen MR) is 69.3 cm³/mol. The lowest BCUT2D eigenvalue weighted by Crippen LogP contribution is -2.06. The average molecular weight is 331 g/mol. The molecule has 2 rings (SSSR count). The summed E-state index contributed by atoms with van der Waals surface area (Å²) in [5, 5.41) is 10.1. The Morgan fingerprint density at radius 2 is 1.63 bits per heavy atom. The fraction of sp³-hybridized carbons (Fsp3) is 0.143. The van der Waals surface area contributed by atoms with Gasteiger partial charge < -0.3 is 5.11 Å². The molecule has 1 atom stereocenters. The third-order valence-electron chi connectivity index (χ3n) is 2.94.